The van der Waals surface area contributed by atoms with Crippen LogP contribution in [0.15, 0.2) is 0 Å². The van der Waals surface area contributed by atoms with Crippen LogP contribution in [-0.2, 0) is 12.0 Å². The van der Waals surface area contributed by atoms with Crippen LogP contribution < -0.4 is 5.32 Å². The van der Waals surface area contributed by atoms with E-state index < -0.39 is 0 Å². The number of nitrogens with zero attached hydrogens (tertiary/aromatic N) is 2. The van der Waals surface area contributed by atoms with Crippen LogP contribution in [0.4, 0.5) is 0 Å². The van der Waals surface area contributed by atoms with Crippen LogP contribution >= 0.6 is 11.3 Å². The van der Waals surface area contributed by atoms with Crippen molar-refractivity contribution in [2.24, 2.45) is 0 Å². The minimum atomic E-state index is 0.313. The van der Waals surface area contributed by atoms with Crippen molar-refractivity contribution in [2.75, 3.05) is 0 Å². The third-order valence-corrected chi connectivity index (χ3v) is 5.29. The van der Waals surface area contributed by atoms with Gasteiger partial charge in [0.25, 0.3) is 0 Å². The summed E-state index contributed by atoms with van der Waals surface area (Å²) in [6.07, 6.45) is 9.35. The van der Waals surface area contributed by atoms with Crippen LogP contribution in [0.3, 0.4) is 0 Å². The van der Waals surface area contributed by atoms with E-state index in [1.165, 1.54) is 55.0 Å². The topological polar surface area (TPSA) is 37.8 Å². The molecule has 0 amide bonds. The van der Waals surface area contributed by atoms with E-state index in [0.29, 0.717) is 5.41 Å². The van der Waals surface area contributed by atoms with Crippen molar-refractivity contribution >= 4 is 11.3 Å². The van der Waals surface area contributed by atoms with E-state index in [2.05, 4.69) is 22.4 Å². The Morgan fingerprint density at radius 3 is 2.71 bits per heavy atom. The van der Waals surface area contributed by atoms with E-state index in [0.717, 1.165) is 12.6 Å². The molecule has 0 atom stereocenters. The molecule has 4 heteroatoms. The molecule has 2 aliphatic rings. The molecule has 0 aliphatic heterocycles. The molecule has 1 aromatic heterocycles. The quantitative estimate of drug-likeness (QED) is 0.894. The summed E-state index contributed by atoms with van der Waals surface area (Å²) in [6, 6.07) is 0.757. The third kappa shape index (κ3) is 2.68. The van der Waals surface area contributed by atoms with Crippen molar-refractivity contribution in [3.8, 4) is 0 Å². The van der Waals surface area contributed by atoms with E-state index in [-0.39, 0.29) is 0 Å². The molecule has 2 saturated carbocycles. The van der Waals surface area contributed by atoms with Gasteiger partial charge in [0.2, 0.25) is 0 Å². The second kappa shape index (κ2) is 4.65. The lowest BCUT2D eigenvalue weighted by atomic mass is 9.76. The summed E-state index contributed by atoms with van der Waals surface area (Å²) < 4.78 is 0. The normalized spacial score (nSPS) is 23.8. The Kier molecular flexibility index (Phi) is 3.17. The fraction of sp³-hybridized carbons (Fsp3) is 0.846. The Morgan fingerprint density at radius 1 is 1.24 bits per heavy atom. The fourth-order valence-corrected chi connectivity index (χ4v) is 3.63. The van der Waals surface area contributed by atoms with Crippen LogP contribution in [0, 0.1) is 0 Å². The number of hydrogen-bond acceptors (Lipinski definition) is 4. The molecule has 1 N–H and O–H groups in total. The fourth-order valence-electron chi connectivity index (χ4n) is 2.63. The molecule has 3 nitrogen and oxygen atoms in total. The maximum Gasteiger partial charge on any atom is 0.131 e. The summed E-state index contributed by atoms with van der Waals surface area (Å²) in [5, 5.41) is 14.7. The molecule has 0 radical (unpaired) electrons. The first-order valence-corrected chi connectivity index (χ1v) is 7.64. The minimum Gasteiger partial charge on any atom is -0.308 e. The van der Waals surface area contributed by atoms with Gasteiger partial charge in [-0.2, -0.15) is 0 Å². The highest BCUT2D eigenvalue weighted by Gasteiger charge is 2.32. The van der Waals surface area contributed by atoms with E-state index in [1.54, 1.807) is 0 Å². The largest absolute Gasteiger partial charge is 0.308 e. The molecular weight excluding hydrogens is 230 g/mol. The van der Waals surface area contributed by atoms with Gasteiger partial charge in [-0.3, -0.25) is 0 Å². The monoisotopic (exact) mass is 251 g/mol. The standard InChI is InChI=1S/C13H21N3S/c1-13(7-3-2-4-8-13)12-16-15-11(17-12)9-14-10-5-6-10/h10,14H,2-9H2,1H3. The average molecular weight is 251 g/mol. The van der Waals surface area contributed by atoms with Crippen molar-refractivity contribution < 1.29 is 0 Å². The Hall–Kier alpha value is -0.480. The maximum atomic E-state index is 4.44. The molecule has 1 heterocycles. The first-order valence-electron chi connectivity index (χ1n) is 6.82. The first-order chi connectivity index (χ1) is 8.26. The maximum absolute atomic E-state index is 4.44. The van der Waals surface area contributed by atoms with E-state index in [9.17, 15) is 0 Å². The Morgan fingerprint density at radius 2 is 2.00 bits per heavy atom. The molecule has 0 aromatic carbocycles. The lowest BCUT2D eigenvalue weighted by Crippen LogP contribution is -2.24. The predicted octanol–water partition coefficient (Wildman–Crippen LogP) is 3.01. The van der Waals surface area contributed by atoms with Crippen molar-refractivity contribution in [3.63, 3.8) is 0 Å². The summed E-state index contributed by atoms with van der Waals surface area (Å²) in [6.45, 7) is 3.28. The molecule has 0 bridgehead atoms. The number of rotatable bonds is 4. The van der Waals surface area contributed by atoms with Crippen LogP contribution in [-0.4, -0.2) is 16.2 Å². The van der Waals surface area contributed by atoms with Gasteiger partial charge in [-0.25, -0.2) is 0 Å². The van der Waals surface area contributed by atoms with Gasteiger partial charge in [0.15, 0.2) is 0 Å². The number of aromatic nitrogens is 2. The molecular formula is C13H21N3S. The van der Waals surface area contributed by atoms with Gasteiger partial charge in [-0.15, -0.1) is 10.2 Å². The molecule has 0 unspecified atom stereocenters. The predicted molar refractivity (Wildman–Crippen MR) is 70.2 cm³/mol. The van der Waals surface area contributed by atoms with E-state index >= 15 is 0 Å². The van der Waals surface area contributed by atoms with Gasteiger partial charge in [0.1, 0.15) is 10.0 Å². The average Bonchev–Trinajstić information content (AvgIpc) is 3.04. The molecule has 94 valence electrons. The molecule has 1 aromatic rings. The molecule has 3 rings (SSSR count). The van der Waals surface area contributed by atoms with Crippen molar-refractivity contribution in [3.05, 3.63) is 10.0 Å². The smallest absolute Gasteiger partial charge is 0.131 e. The first kappa shape index (κ1) is 11.6. The molecule has 2 aliphatic carbocycles. The Bertz CT molecular complexity index is 378. The molecule has 2 fully saturated rings. The number of nitrogens with one attached hydrogen (secondary N) is 1. The van der Waals surface area contributed by atoms with Crippen molar-refractivity contribution in [1.82, 2.24) is 15.5 Å². The summed E-state index contributed by atoms with van der Waals surface area (Å²) in [5.74, 6) is 0. The van der Waals surface area contributed by atoms with Crippen LogP contribution in [0.1, 0.15) is 61.9 Å². The number of hydrogen-bond donors (Lipinski definition) is 1. The van der Waals surface area contributed by atoms with Crippen molar-refractivity contribution in [1.29, 1.82) is 0 Å². The molecule has 0 saturated heterocycles. The summed E-state index contributed by atoms with van der Waals surface area (Å²) >= 11 is 1.82. The van der Waals surface area contributed by atoms with Gasteiger partial charge >= 0.3 is 0 Å². The zero-order chi connectivity index (χ0) is 11.7. The van der Waals surface area contributed by atoms with Gasteiger partial charge in [-0.05, 0) is 25.7 Å². The zero-order valence-electron chi connectivity index (χ0n) is 10.5. The highest BCUT2D eigenvalue weighted by Crippen LogP contribution is 2.40. The highest BCUT2D eigenvalue weighted by atomic mass is 32.1. The van der Waals surface area contributed by atoms with Gasteiger partial charge in [-0.1, -0.05) is 37.5 Å². The Balaban J connectivity index is 1.65. The zero-order valence-corrected chi connectivity index (χ0v) is 11.4. The van der Waals surface area contributed by atoms with Crippen LogP contribution in [0.5, 0.6) is 0 Å². The van der Waals surface area contributed by atoms with Gasteiger partial charge in [0.05, 0.1) is 0 Å². The van der Waals surface area contributed by atoms with Crippen molar-refractivity contribution in [2.45, 2.75) is 69.9 Å². The SMILES string of the molecule is CC1(c2nnc(CNC3CC3)s2)CCCCC1. The summed E-state index contributed by atoms with van der Waals surface area (Å²) in [5.41, 5.74) is 0.313. The molecule has 0 spiro atoms. The molecule has 17 heavy (non-hydrogen) atoms. The van der Waals surface area contributed by atoms with E-state index in [4.69, 9.17) is 0 Å². The highest BCUT2D eigenvalue weighted by molar-refractivity contribution is 7.11. The van der Waals surface area contributed by atoms with Crippen LogP contribution in [0.2, 0.25) is 0 Å². The summed E-state index contributed by atoms with van der Waals surface area (Å²) in [7, 11) is 0. The third-order valence-electron chi connectivity index (χ3n) is 4.06. The second-order valence-corrected chi connectivity index (χ2v) is 6.84. The van der Waals surface area contributed by atoms with E-state index in [1.807, 2.05) is 11.3 Å². The lowest BCUT2D eigenvalue weighted by Gasteiger charge is -2.30. The minimum absolute atomic E-state index is 0.313. The van der Waals surface area contributed by atoms with Gasteiger partial charge < -0.3 is 5.32 Å². The van der Waals surface area contributed by atoms with Crippen LogP contribution in [0.25, 0.3) is 0 Å². The Labute approximate surface area is 107 Å². The second-order valence-electron chi connectivity index (χ2n) is 5.78. The summed E-state index contributed by atoms with van der Waals surface area (Å²) in [4.78, 5) is 0. The lowest BCUT2D eigenvalue weighted by molar-refractivity contribution is 0.317. The van der Waals surface area contributed by atoms with Gasteiger partial charge in [0, 0.05) is 18.0 Å².